The predicted molar refractivity (Wildman–Crippen MR) is 80.2 cm³/mol. The topological polar surface area (TPSA) is 58.4 Å². The molecule has 1 rings (SSSR count). The number of carbonyl (C=O) groups is 1. The first-order valence-corrected chi connectivity index (χ1v) is 7.85. The fraction of sp³-hybridized carbons (Fsp3) is 0.933. The van der Waals surface area contributed by atoms with Crippen LogP contribution < -0.4 is 11.1 Å². The van der Waals surface area contributed by atoms with E-state index in [0.717, 1.165) is 32.2 Å². The zero-order valence-electron chi connectivity index (χ0n) is 12.9. The maximum atomic E-state index is 12.5. The molecule has 0 heterocycles. The number of nitrogens with one attached hydrogen (secondary N) is 1. The number of hydrogen-bond donors (Lipinski definition) is 2. The van der Waals surface area contributed by atoms with Crippen LogP contribution in [0.4, 0.5) is 4.79 Å². The monoisotopic (exact) mass is 269 g/mol. The van der Waals surface area contributed by atoms with Gasteiger partial charge in [0.1, 0.15) is 0 Å². The van der Waals surface area contributed by atoms with Crippen LogP contribution in [0.25, 0.3) is 0 Å². The molecule has 1 fully saturated rings. The molecule has 1 saturated carbocycles. The molecule has 0 bridgehead atoms. The third-order valence-electron chi connectivity index (χ3n) is 4.48. The number of nitrogens with zero attached hydrogens (tertiary/aromatic N) is 1. The molecule has 0 aromatic rings. The molecular formula is C15H31N3O. The minimum Gasteiger partial charge on any atom is -0.335 e. The second-order valence-electron chi connectivity index (χ2n) is 5.99. The van der Waals surface area contributed by atoms with Crippen molar-refractivity contribution in [1.29, 1.82) is 0 Å². The molecule has 1 aliphatic rings. The van der Waals surface area contributed by atoms with Gasteiger partial charge in [0.25, 0.3) is 0 Å². The van der Waals surface area contributed by atoms with Gasteiger partial charge in [-0.2, -0.15) is 0 Å². The van der Waals surface area contributed by atoms with Gasteiger partial charge in [-0.25, -0.2) is 4.79 Å². The lowest BCUT2D eigenvalue weighted by atomic mass is 9.94. The molecule has 19 heavy (non-hydrogen) atoms. The van der Waals surface area contributed by atoms with E-state index in [9.17, 15) is 4.79 Å². The van der Waals surface area contributed by atoms with Crippen molar-refractivity contribution in [3.8, 4) is 0 Å². The maximum Gasteiger partial charge on any atom is 0.318 e. The van der Waals surface area contributed by atoms with Crippen LogP contribution in [0.3, 0.4) is 0 Å². The van der Waals surface area contributed by atoms with E-state index in [0.29, 0.717) is 12.6 Å². The van der Waals surface area contributed by atoms with E-state index in [-0.39, 0.29) is 11.6 Å². The van der Waals surface area contributed by atoms with E-state index in [4.69, 9.17) is 5.73 Å². The van der Waals surface area contributed by atoms with E-state index < -0.39 is 0 Å². The Kier molecular flexibility index (Phi) is 6.63. The third kappa shape index (κ3) is 4.37. The van der Waals surface area contributed by atoms with Crippen molar-refractivity contribution in [3.05, 3.63) is 0 Å². The summed E-state index contributed by atoms with van der Waals surface area (Å²) in [5.74, 6) is 0. The molecule has 0 aliphatic heterocycles. The summed E-state index contributed by atoms with van der Waals surface area (Å²) in [4.78, 5) is 14.5. The van der Waals surface area contributed by atoms with Gasteiger partial charge in [0.2, 0.25) is 0 Å². The summed E-state index contributed by atoms with van der Waals surface area (Å²) in [5.41, 5.74) is 5.67. The smallest absolute Gasteiger partial charge is 0.318 e. The summed E-state index contributed by atoms with van der Waals surface area (Å²) in [5, 5.41) is 3.21. The minimum atomic E-state index is -0.227. The maximum absolute atomic E-state index is 12.5. The highest BCUT2D eigenvalue weighted by molar-refractivity contribution is 5.75. The second kappa shape index (κ2) is 7.73. The Morgan fingerprint density at radius 1 is 1.32 bits per heavy atom. The van der Waals surface area contributed by atoms with Crippen LogP contribution in [-0.4, -0.2) is 35.6 Å². The van der Waals surface area contributed by atoms with Crippen LogP contribution in [0.15, 0.2) is 0 Å². The third-order valence-corrected chi connectivity index (χ3v) is 4.48. The molecule has 1 unspecified atom stereocenters. The highest BCUT2D eigenvalue weighted by Gasteiger charge is 2.32. The van der Waals surface area contributed by atoms with Gasteiger partial charge in [-0.05, 0) is 32.6 Å². The van der Waals surface area contributed by atoms with Crippen LogP contribution in [-0.2, 0) is 0 Å². The Hall–Kier alpha value is -0.770. The fourth-order valence-corrected chi connectivity index (χ4v) is 2.79. The molecule has 0 aromatic carbocycles. The van der Waals surface area contributed by atoms with Gasteiger partial charge < -0.3 is 16.0 Å². The van der Waals surface area contributed by atoms with Crippen LogP contribution in [0.5, 0.6) is 0 Å². The lowest BCUT2D eigenvalue weighted by Gasteiger charge is -2.41. The molecule has 0 aromatic heterocycles. The molecule has 112 valence electrons. The van der Waals surface area contributed by atoms with Crippen molar-refractivity contribution in [2.45, 2.75) is 77.3 Å². The van der Waals surface area contributed by atoms with Crippen molar-refractivity contribution in [1.82, 2.24) is 10.2 Å². The van der Waals surface area contributed by atoms with E-state index >= 15 is 0 Å². The average Bonchev–Trinajstić information content (AvgIpc) is 2.45. The number of nitrogens with two attached hydrogens (primary N) is 1. The van der Waals surface area contributed by atoms with Gasteiger partial charge in [-0.1, -0.05) is 33.1 Å². The Morgan fingerprint density at radius 3 is 2.42 bits per heavy atom. The normalized spacial score (nSPS) is 19.8. The zero-order valence-corrected chi connectivity index (χ0v) is 12.9. The van der Waals surface area contributed by atoms with E-state index in [1.165, 1.54) is 19.3 Å². The van der Waals surface area contributed by atoms with Crippen molar-refractivity contribution in [2.75, 3.05) is 13.1 Å². The quantitative estimate of drug-likeness (QED) is 0.779. The SMILES string of the molecule is CCCN(C(=O)NC1CCCCC1)C(C)(CC)CN. The van der Waals surface area contributed by atoms with Crippen LogP contribution in [0, 0.1) is 0 Å². The largest absolute Gasteiger partial charge is 0.335 e. The van der Waals surface area contributed by atoms with E-state index in [1.54, 1.807) is 0 Å². The van der Waals surface area contributed by atoms with Crippen molar-refractivity contribution in [2.24, 2.45) is 5.73 Å². The predicted octanol–water partition coefficient (Wildman–Crippen LogP) is 2.87. The standard InChI is InChI=1S/C15H31N3O/c1-4-11-18(15(3,5-2)12-16)14(19)17-13-9-7-6-8-10-13/h13H,4-12,16H2,1-3H3,(H,17,19). The van der Waals surface area contributed by atoms with Gasteiger partial charge in [-0.3, -0.25) is 0 Å². The first-order valence-electron chi connectivity index (χ1n) is 7.85. The molecule has 4 nitrogen and oxygen atoms in total. The fourth-order valence-electron chi connectivity index (χ4n) is 2.79. The Morgan fingerprint density at radius 2 is 1.95 bits per heavy atom. The number of urea groups is 1. The summed E-state index contributed by atoms with van der Waals surface area (Å²) < 4.78 is 0. The van der Waals surface area contributed by atoms with Crippen LogP contribution >= 0.6 is 0 Å². The van der Waals surface area contributed by atoms with Gasteiger partial charge in [-0.15, -0.1) is 0 Å². The van der Waals surface area contributed by atoms with Gasteiger partial charge in [0.05, 0.1) is 5.54 Å². The first-order chi connectivity index (χ1) is 9.07. The average molecular weight is 269 g/mol. The number of carbonyl (C=O) groups excluding carboxylic acids is 1. The molecule has 1 atom stereocenters. The highest BCUT2D eigenvalue weighted by Crippen LogP contribution is 2.21. The molecule has 0 spiro atoms. The number of hydrogen-bond acceptors (Lipinski definition) is 2. The number of rotatable bonds is 6. The molecule has 3 N–H and O–H groups in total. The molecule has 1 aliphatic carbocycles. The van der Waals surface area contributed by atoms with Gasteiger partial charge >= 0.3 is 6.03 Å². The van der Waals surface area contributed by atoms with Crippen molar-refractivity contribution in [3.63, 3.8) is 0 Å². The summed E-state index contributed by atoms with van der Waals surface area (Å²) in [6, 6.07) is 0.433. The Labute approximate surface area is 118 Å². The van der Waals surface area contributed by atoms with E-state index in [1.807, 2.05) is 4.90 Å². The van der Waals surface area contributed by atoms with Crippen LogP contribution in [0.1, 0.15) is 65.7 Å². The molecule has 0 radical (unpaired) electrons. The summed E-state index contributed by atoms with van der Waals surface area (Å²) in [7, 11) is 0. The first kappa shape index (κ1) is 16.3. The lowest BCUT2D eigenvalue weighted by Crippen LogP contribution is -2.58. The zero-order chi connectivity index (χ0) is 14.3. The summed E-state index contributed by atoms with van der Waals surface area (Å²) in [6.07, 6.45) is 7.88. The van der Waals surface area contributed by atoms with Gasteiger partial charge in [0, 0.05) is 19.1 Å². The van der Waals surface area contributed by atoms with Crippen molar-refractivity contribution < 1.29 is 4.79 Å². The van der Waals surface area contributed by atoms with Gasteiger partial charge in [0.15, 0.2) is 0 Å². The second-order valence-corrected chi connectivity index (χ2v) is 5.99. The summed E-state index contributed by atoms with van der Waals surface area (Å²) in [6.45, 7) is 7.59. The highest BCUT2D eigenvalue weighted by atomic mass is 16.2. The molecular weight excluding hydrogens is 238 g/mol. The molecule has 0 saturated heterocycles. The van der Waals surface area contributed by atoms with Crippen LogP contribution in [0.2, 0.25) is 0 Å². The number of amides is 2. The Balaban J connectivity index is 2.66. The minimum absolute atomic E-state index is 0.0727. The lowest BCUT2D eigenvalue weighted by molar-refractivity contribution is 0.120. The van der Waals surface area contributed by atoms with Crippen molar-refractivity contribution >= 4 is 6.03 Å². The molecule has 2 amide bonds. The Bertz CT molecular complexity index is 271. The summed E-state index contributed by atoms with van der Waals surface area (Å²) >= 11 is 0. The van der Waals surface area contributed by atoms with E-state index in [2.05, 4.69) is 26.1 Å². The molecule has 4 heteroatoms.